The van der Waals surface area contributed by atoms with E-state index < -0.39 is 11.4 Å². The number of fused-ring (bicyclic) bond motifs is 4. The average Bonchev–Trinajstić information content (AvgIpc) is 2.92. The Morgan fingerprint density at radius 3 is 2.44 bits per heavy atom. The molecule has 0 spiro atoms. The van der Waals surface area contributed by atoms with Crippen LogP contribution in [0.3, 0.4) is 0 Å². The number of benzene rings is 3. The quantitative estimate of drug-likeness (QED) is 0.612. The van der Waals surface area contributed by atoms with Crippen LogP contribution >= 0.6 is 11.6 Å². The molecular weight excluding hydrogens is 365 g/mol. The predicted octanol–water partition coefficient (Wildman–Crippen LogP) is 4.77. The van der Waals surface area contributed by atoms with E-state index in [9.17, 15) is 14.0 Å². The molecule has 1 atom stereocenters. The molecule has 0 aromatic heterocycles. The second kappa shape index (κ2) is 5.51. The van der Waals surface area contributed by atoms with Crippen LogP contribution in [0.15, 0.2) is 66.7 Å². The van der Waals surface area contributed by atoms with E-state index in [-0.39, 0.29) is 18.1 Å². The Morgan fingerprint density at radius 1 is 0.926 bits per heavy atom. The van der Waals surface area contributed by atoms with Crippen molar-refractivity contribution in [2.24, 2.45) is 0 Å². The van der Waals surface area contributed by atoms with Crippen molar-refractivity contribution in [1.29, 1.82) is 0 Å². The summed E-state index contributed by atoms with van der Waals surface area (Å²) in [7, 11) is 0. The average molecular weight is 378 g/mol. The molecule has 0 fully saturated rings. The van der Waals surface area contributed by atoms with Gasteiger partial charge in [-0.05, 0) is 53.6 Å². The third kappa shape index (κ3) is 2.07. The molecule has 0 bridgehead atoms. The minimum atomic E-state index is -1.23. The Labute approximate surface area is 160 Å². The summed E-state index contributed by atoms with van der Waals surface area (Å²) in [6.07, 6.45) is 0.209. The fraction of sp³-hybridized carbons (Fsp3) is 0.0909. The summed E-state index contributed by atoms with van der Waals surface area (Å²) in [5.74, 6) is -0.891. The Balaban J connectivity index is 1.83. The number of halogens is 2. The topological polar surface area (TPSA) is 37.4 Å². The van der Waals surface area contributed by atoms with Gasteiger partial charge in [-0.15, -0.1) is 0 Å². The van der Waals surface area contributed by atoms with Crippen molar-refractivity contribution < 1.29 is 14.0 Å². The van der Waals surface area contributed by atoms with E-state index in [0.717, 1.165) is 0 Å². The zero-order valence-electron chi connectivity index (χ0n) is 14.1. The molecule has 3 aromatic rings. The summed E-state index contributed by atoms with van der Waals surface area (Å²) >= 11 is 6.03. The van der Waals surface area contributed by atoms with Gasteiger partial charge in [0.05, 0.1) is 5.69 Å². The van der Waals surface area contributed by atoms with Crippen LogP contribution in [-0.2, 0) is 12.0 Å². The maximum Gasteiger partial charge on any atom is 0.259 e. The standard InChI is InChI=1S/C22H13ClFNO2/c23-15-7-5-14(6-8-15)22-12-13-11-16(24)9-10-17(13)21(27)25(22)19-4-2-1-3-18(19)20(22)26/h1-11H,12H2. The summed E-state index contributed by atoms with van der Waals surface area (Å²) in [6, 6.07) is 18.1. The van der Waals surface area contributed by atoms with Crippen molar-refractivity contribution in [3.63, 3.8) is 0 Å². The van der Waals surface area contributed by atoms with Crippen LogP contribution in [-0.4, -0.2) is 11.7 Å². The molecule has 27 heavy (non-hydrogen) atoms. The highest BCUT2D eigenvalue weighted by molar-refractivity contribution is 6.30. The number of ketones is 1. The molecule has 0 saturated carbocycles. The molecule has 0 aliphatic carbocycles. The molecule has 1 amide bonds. The van der Waals surface area contributed by atoms with Crippen LogP contribution in [0, 0.1) is 5.82 Å². The number of nitrogens with zero attached hydrogens (tertiary/aromatic N) is 1. The molecule has 132 valence electrons. The fourth-order valence-electron chi connectivity index (χ4n) is 4.23. The first-order valence-corrected chi connectivity index (χ1v) is 8.93. The third-order valence-electron chi connectivity index (χ3n) is 5.42. The summed E-state index contributed by atoms with van der Waals surface area (Å²) in [5.41, 5.74) is 1.47. The molecule has 3 aromatic carbocycles. The molecule has 0 N–H and O–H groups in total. The molecule has 0 saturated heterocycles. The highest BCUT2D eigenvalue weighted by Gasteiger charge is 2.57. The summed E-state index contributed by atoms with van der Waals surface area (Å²) < 4.78 is 13.9. The van der Waals surface area contributed by atoms with Crippen molar-refractivity contribution in [2.45, 2.75) is 12.0 Å². The van der Waals surface area contributed by atoms with Crippen molar-refractivity contribution in [2.75, 3.05) is 4.90 Å². The number of hydrogen-bond acceptors (Lipinski definition) is 2. The Morgan fingerprint density at radius 2 is 1.67 bits per heavy atom. The van der Waals surface area contributed by atoms with Gasteiger partial charge in [0.25, 0.3) is 5.91 Å². The second-order valence-corrected chi connectivity index (χ2v) is 7.27. The van der Waals surface area contributed by atoms with Gasteiger partial charge in [0.15, 0.2) is 5.78 Å². The fourth-order valence-corrected chi connectivity index (χ4v) is 4.36. The molecule has 2 aliphatic heterocycles. The normalized spacial score (nSPS) is 20.3. The molecule has 5 heteroatoms. The van der Waals surface area contributed by atoms with Gasteiger partial charge in [0.2, 0.25) is 0 Å². The Bertz CT molecular complexity index is 1130. The van der Waals surface area contributed by atoms with E-state index >= 15 is 0 Å². The monoisotopic (exact) mass is 377 g/mol. The van der Waals surface area contributed by atoms with Crippen molar-refractivity contribution in [3.8, 4) is 0 Å². The maximum atomic E-state index is 13.9. The number of carbonyl (C=O) groups excluding carboxylic acids is 2. The third-order valence-corrected chi connectivity index (χ3v) is 5.67. The molecule has 2 aliphatic rings. The molecule has 1 unspecified atom stereocenters. The summed E-state index contributed by atoms with van der Waals surface area (Å²) in [4.78, 5) is 28.5. The highest BCUT2D eigenvalue weighted by Crippen LogP contribution is 2.50. The highest BCUT2D eigenvalue weighted by atomic mass is 35.5. The zero-order chi connectivity index (χ0) is 18.8. The van der Waals surface area contributed by atoms with Crippen molar-refractivity contribution >= 4 is 29.0 Å². The van der Waals surface area contributed by atoms with Gasteiger partial charge in [-0.25, -0.2) is 4.39 Å². The largest absolute Gasteiger partial charge is 0.291 e. The van der Waals surface area contributed by atoms with Gasteiger partial charge in [-0.2, -0.15) is 0 Å². The number of Topliss-reactive ketones (excluding diaryl/α,β-unsaturated/α-hetero) is 1. The van der Waals surface area contributed by atoms with E-state index in [4.69, 9.17) is 11.6 Å². The van der Waals surface area contributed by atoms with Gasteiger partial charge in [-0.1, -0.05) is 35.9 Å². The minimum Gasteiger partial charge on any atom is -0.291 e. The number of para-hydroxylation sites is 1. The first-order valence-electron chi connectivity index (χ1n) is 8.55. The molecular formula is C22H13ClFNO2. The van der Waals surface area contributed by atoms with Crippen molar-refractivity contribution in [3.05, 3.63) is 99.8 Å². The van der Waals surface area contributed by atoms with E-state index in [1.165, 1.54) is 18.2 Å². The number of carbonyl (C=O) groups is 2. The Kier molecular flexibility index (Phi) is 3.31. The second-order valence-electron chi connectivity index (χ2n) is 6.83. The molecule has 3 nitrogen and oxygen atoms in total. The molecule has 2 heterocycles. The summed E-state index contributed by atoms with van der Waals surface area (Å²) in [5, 5.41) is 0.540. The summed E-state index contributed by atoms with van der Waals surface area (Å²) in [6.45, 7) is 0. The minimum absolute atomic E-state index is 0.163. The van der Waals surface area contributed by atoms with Crippen LogP contribution in [0.25, 0.3) is 0 Å². The van der Waals surface area contributed by atoms with Gasteiger partial charge >= 0.3 is 0 Å². The van der Waals surface area contributed by atoms with Crippen molar-refractivity contribution in [1.82, 2.24) is 0 Å². The lowest BCUT2D eigenvalue weighted by molar-refractivity contribution is 0.0825. The van der Waals surface area contributed by atoms with Gasteiger partial charge in [0, 0.05) is 22.6 Å². The van der Waals surface area contributed by atoms with E-state index in [0.29, 0.717) is 33.0 Å². The Hall–Kier alpha value is -2.98. The van der Waals surface area contributed by atoms with Gasteiger partial charge < -0.3 is 0 Å². The van der Waals surface area contributed by atoms with E-state index in [1.54, 1.807) is 53.4 Å². The van der Waals surface area contributed by atoms with Gasteiger partial charge in [-0.3, -0.25) is 14.5 Å². The number of hydrogen-bond donors (Lipinski definition) is 0. The molecule has 5 rings (SSSR count). The first-order chi connectivity index (χ1) is 13.0. The SMILES string of the molecule is O=C1c2ccc(F)cc2CC2(c3ccc(Cl)cc3)C(=O)c3ccccc3N12. The number of anilines is 1. The van der Waals surface area contributed by atoms with Crippen LogP contribution in [0.2, 0.25) is 5.02 Å². The lowest BCUT2D eigenvalue weighted by Crippen LogP contribution is -2.55. The number of amides is 1. The number of rotatable bonds is 1. The van der Waals surface area contributed by atoms with E-state index in [1.807, 2.05) is 0 Å². The predicted molar refractivity (Wildman–Crippen MR) is 101 cm³/mol. The van der Waals surface area contributed by atoms with Crippen LogP contribution in [0.1, 0.15) is 31.8 Å². The van der Waals surface area contributed by atoms with E-state index in [2.05, 4.69) is 0 Å². The van der Waals surface area contributed by atoms with Crippen LogP contribution in [0.4, 0.5) is 10.1 Å². The maximum absolute atomic E-state index is 13.9. The molecule has 0 radical (unpaired) electrons. The smallest absolute Gasteiger partial charge is 0.259 e. The zero-order valence-corrected chi connectivity index (χ0v) is 14.8. The van der Waals surface area contributed by atoms with Crippen LogP contribution < -0.4 is 4.90 Å². The van der Waals surface area contributed by atoms with Gasteiger partial charge in [0.1, 0.15) is 11.4 Å². The lowest BCUT2D eigenvalue weighted by Gasteiger charge is -2.42. The van der Waals surface area contributed by atoms with Crippen LogP contribution in [0.5, 0.6) is 0 Å². The lowest BCUT2D eigenvalue weighted by atomic mass is 9.76. The first kappa shape index (κ1) is 16.2.